The fraction of sp³-hybridized carbons (Fsp3) is 0.586. The van der Waals surface area contributed by atoms with E-state index in [9.17, 15) is 0 Å². The zero-order valence-electron chi connectivity index (χ0n) is 23.1. The number of hydrogen-bond donors (Lipinski definition) is 0. The van der Waals surface area contributed by atoms with E-state index in [1.54, 1.807) is 7.11 Å². The molecular weight excluding hydrogens is 488 g/mol. The van der Waals surface area contributed by atoms with Crippen LogP contribution in [-0.2, 0) is 32.8 Å². The lowest BCUT2D eigenvalue weighted by molar-refractivity contribution is -0.0160. The van der Waals surface area contributed by atoms with Crippen LogP contribution in [0.15, 0.2) is 60.7 Å². The monoisotopic (exact) mass is 534 g/mol. The van der Waals surface area contributed by atoms with Crippen molar-refractivity contribution >= 4 is 18.7 Å². The van der Waals surface area contributed by atoms with Crippen molar-refractivity contribution in [3.05, 3.63) is 60.7 Å². The number of ether oxygens (including phenoxy) is 6. The second-order valence-electron chi connectivity index (χ2n) is 9.57. The molecule has 208 valence electrons. The van der Waals surface area contributed by atoms with Crippen LogP contribution < -0.4 is 10.4 Å². The molecule has 2 aromatic rings. The van der Waals surface area contributed by atoms with E-state index in [2.05, 4.69) is 81.4 Å². The molecule has 0 heterocycles. The second-order valence-corrected chi connectivity index (χ2v) is 13.9. The standard InChI is InChI=1S/C29H46O7Si/c1-29(2,3)37(27-11-7-5-8-12-27,28-13-9-6-10-14-28)36-26-25-35-24-23-34-22-21-33-20-19-32-18-17-31-16-15-30-4/h5-14H,15-26H2,1-4H3. The minimum absolute atomic E-state index is 0.0400. The van der Waals surface area contributed by atoms with E-state index in [0.29, 0.717) is 79.3 Å². The van der Waals surface area contributed by atoms with Gasteiger partial charge in [-0.1, -0.05) is 81.4 Å². The minimum atomic E-state index is -2.51. The van der Waals surface area contributed by atoms with Gasteiger partial charge in [0.25, 0.3) is 8.32 Å². The number of hydrogen-bond acceptors (Lipinski definition) is 7. The Morgan fingerprint density at radius 1 is 0.486 bits per heavy atom. The van der Waals surface area contributed by atoms with E-state index in [1.165, 1.54) is 10.4 Å². The average molecular weight is 535 g/mol. The van der Waals surface area contributed by atoms with E-state index in [1.807, 2.05) is 0 Å². The van der Waals surface area contributed by atoms with E-state index in [-0.39, 0.29) is 5.04 Å². The summed E-state index contributed by atoms with van der Waals surface area (Å²) in [4.78, 5) is 0. The van der Waals surface area contributed by atoms with E-state index in [4.69, 9.17) is 32.8 Å². The molecule has 0 aliphatic rings. The summed E-state index contributed by atoms with van der Waals surface area (Å²) in [5.41, 5.74) is 0. The van der Waals surface area contributed by atoms with Gasteiger partial charge >= 0.3 is 0 Å². The molecule has 0 aliphatic carbocycles. The molecule has 0 bridgehead atoms. The summed E-state index contributed by atoms with van der Waals surface area (Å²) in [5, 5.41) is 2.51. The normalized spacial score (nSPS) is 12.2. The molecule has 0 saturated heterocycles. The van der Waals surface area contributed by atoms with Gasteiger partial charge < -0.3 is 32.8 Å². The Bertz CT molecular complexity index is 759. The molecule has 8 heteroatoms. The molecule has 0 aliphatic heterocycles. The number of rotatable bonds is 21. The van der Waals surface area contributed by atoms with Crippen LogP contribution in [0.5, 0.6) is 0 Å². The van der Waals surface area contributed by atoms with E-state index in [0.717, 1.165) is 0 Å². The molecule has 0 atom stereocenters. The third-order valence-electron chi connectivity index (χ3n) is 5.88. The van der Waals surface area contributed by atoms with Gasteiger partial charge in [0.1, 0.15) is 0 Å². The molecule has 0 amide bonds. The Morgan fingerprint density at radius 3 is 1.14 bits per heavy atom. The van der Waals surface area contributed by atoms with Crippen molar-refractivity contribution in [1.29, 1.82) is 0 Å². The quantitative estimate of drug-likeness (QED) is 0.180. The van der Waals surface area contributed by atoms with Crippen molar-refractivity contribution in [2.75, 3.05) is 86.4 Å². The lowest BCUT2D eigenvalue weighted by atomic mass is 10.2. The van der Waals surface area contributed by atoms with Gasteiger partial charge in [-0.3, -0.25) is 0 Å². The van der Waals surface area contributed by atoms with Crippen LogP contribution in [0.25, 0.3) is 0 Å². The molecule has 2 aromatic carbocycles. The summed E-state index contributed by atoms with van der Waals surface area (Å²) in [6.07, 6.45) is 0. The van der Waals surface area contributed by atoms with E-state index < -0.39 is 8.32 Å². The maximum atomic E-state index is 6.82. The Labute approximate surface area is 224 Å². The van der Waals surface area contributed by atoms with Gasteiger partial charge in [0, 0.05) is 7.11 Å². The molecule has 0 fully saturated rings. The van der Waals surface area contributed by atoms with Crippen molar-refractivity contribution in [2.45, 2.75) is 25.8 Å². The summed E-state index contributed by atoms with van der Waals surface area (Å²) in [6, 6.07) is 21.3. The summed E-state index contributed by atoms with van der Waals surface area (Å²) < 4.78 is 39.4. The van der Waals surface area contributed by atoms with Crippen LogP contribution in [0, 0.1) is 0 Å². The fourth-order valence-electron chi connectivity index (χ4n) is 4.14. The van der Waals surface area contributed by atoms with Gasteiger partial charge in [0.05, 0.1) is 79.3 Å². The first kappa shape index (κ1) is 31.6. The predicted molar refractivity (Wildman–Crippen MR) is 150 cm³/mol. The highest BCUT2D eigenvalue weighted by Gasteiger charge is 2.49. The van der Waals surface area contributed by atoms with Crippen LogP contribution >= 0.6 is 0 Å². The van der Waals surface area contributed by atoms with Crippen LogP contribution in [0.4, 0.5) is 0 Å². The van der Waals surface area contributed by atoms with Crippen molar-refractivity contribution in [3.63, 3.8) is 0 Å². The molecule has 0 unspecified atom stereocenters. The van der Waals surface area contributed by atoms with Crippen molar-refractivity contribution in [2.24, 2.45) is 0 Å². The molecule has 7 nitrogen and oxygen atoms in total. The smallest absolute Gasteiger partial charge is 0.261 e. The maximum Gasteiger partial charge on any atom is 0.261 e. The topological polar surface area (TPSA) is 64.6 Å². The lowest BCUT2D eigenvalue weighted by Gasteiger charge is -2.43. The molecular formula is C29H46O7Si. The Kier molecular flexibility index (Phi) is 15.9. The van der Waals surface area contributed by atoms with Crippen LogP contribution in [-0.4, -0.2) is 94.7 Å². The first-order chi connectivity index (χ1) is 18.0. The van der Waals surface area contributed by atoms with Gasteiger partial charge in [-0.15, -0.1) is 0 Å². The predicted octanol–water partition coefficient (Wildman–Crippen LogP) is 3.29. The third-order valence-corrected chi connectivity index (χ3v) is 10.9. The molecule has 2 rings (SSSR count). The zero-order valence-corrected chi connectivity index (χ0v) is 24.1. The van der Waals surface area contributed by atoms with Crippen LogP contribution in [0.3, 0.4) is 0 Å². The number of benzene rings is 2. The molecule has 0 spiro atoms. The summed E-state index contributed by atoms with van der Waals surface area (Å²) in [5.74, 6) is 0. The summed E-state index contributed by atoms with van der Waals surface area (Å²) in [7, 11) is -0.856. The van der Waals surface area contributed by atoms with Gasteiger partial charge in [0.15, 0.2) is 0 Å². The highest BCUT2D eigenvalue weighted by Crippen LogP contribution is 2.36. The largest absolute Gasteiger partial charge is 0.405 e. The van der Waals surface area contributed by atoms with Crippen LogP contribution in [0.2, 0.25) is 5.04 Å². The lowest BCUT2D eigenvalue weighted by Crippen LogP contribution is -2.66. The fourth-order valence-corrected chi connectivity index (χ4v) is 8.68. The van der Waals surface area contributed by atoms with E-state index >= 15 is 0 Å². The van der Waals surface area contributed by atoms with Crippen molar-refractivity contribution in [1.82, 2.24) is 0 Å². The Morgan fingerprint density at radius 2 is 0.811 bits per heavy atom. The Balaban J connectivity index is 1.61. The van der Waals surface area contributed by atoms with Gasteiger partial charge in [0.2, 0.25) is 0 Å². The molecule has 0 N–H and O–H groups in total. The SMILES string of the molecule is COCCOCCOCCOCCOCCOCCO[Si](c1ccccc1)(c1ccccc1)C(C)(C)C. The average Bonchev–Trinajstić information content (AvgIpc) is 2.90. The zero-order chi connectivity index (χ0) is 26.7. The van der Waals surface area contributed by atoms with Gasteiger partial charge in [-0.2, -0.15) is 0 Å². The molecule has 0 aromatic heterocycles. The second kappa shape index (κ2) is 18.6. The first-order valence-corrected chi connectivity index (χ1v) is 15.1. The third kappa shape index (κ3) is 11.3. The summed E-state index contributed by atoms with van der Waals surface area (Å²) >= 11 is 0. The van der Waals surface area contributed by atoms with Crippen LogP contribution in [0.1, 0.15) is 20.8 Å². The number of methoxy groups -OCH3 is 1. The van der Waals surface area contributed by atoms with Gasteiger partial charge in [-0.05, 0) is 15.4 Å². The summed E-state index contributed by atoms with van der Waals surface area (Å²) in [6.45, 7) is 13.4. The first-order valence-electron chi connectivity index (χ1n) is 13.1. The minimum Gasteiger partial charge on any atom is -0.405 e. The molecule has 0 radical (unpaired) electrons. The maximum absolute atomic E-state index is 6.82. The Hall–Kier alpha value is -1.62. The molecule has 0 saturated carbocycles. The highest BCUT2D eigenvalue weighted by atomic mass is 28.4. The highest BCUT2D eigenvalue weighted by molar-refractivity contribution is 6.99. The van der Waals surface area contributed by atoms with Crippen molar-refractivity contribution in [3.8, 4) is 0 Å². The molecule has 37 heavy (non-hydrogen) atoms. The van der Waals surface area contributed by atoms with Crippen molar-refractivity contribution < 1.29 is 32.8 Å². The van der Waals surface area contributed by atoms with Gasteiger partial charge in [-0.25, -0.2) is 0 Å².